The van der Waals surface area contributed by atoms with Crippen molar-refractivity contribution < 1.29 is 4.79 Å². The average molecular weight is 311 g/mol. The summed E-state index contributed by atoms with van der Waals surface area (Å²) in [5.74, 6) is -0.110. The van der Waals surface area contributed by atoms with E-state index in [2.05, 4.69) is 21.2 Å². The maximum absolute atomic E-state index is 11.4. The van der Waals surface area contributed by atoms with E-state index in [1.165, 1.54) is 0 Å². The fourth-order valence-corrected chi connectivity index (χ4v) is 1.88. The molecule has 1 N–H and O–H groups in total. The number of carbonyl (C=O) groups is 1. The number of nitrogens with one attached hydrogen (secondary N) is 1. The van der Waals surface area contributed by atoms with Crippen molar-refractivity contribution in [1.29, 1.82) is 0 Å². The molecule has 0 aliphatic rings. The molecule has 0 aliphatic carbocycles. The van der Waals surface area contributed by atoms with Crippen LogP contribution in [0.15, 0.2) is 12.1 Å². The molecule has 1 aromatic carbocycles. The molecule has 0 atom stereocenters. The minimum absolute atomic E-state index is 0.110. The van der Waals surface area contributed by atoms with E-state index in [1.54, 1.807) is 6.07 Å². The van der Waals surface area contributed by atoms with Crippen molar-refractivity contribution in [2.45, 2.75) is 13.3 Å². The number of amides is 1. The standard InChI is InChI=1S/C10H10BrCl2NO/c1-6-2-3-7(12)10(9(6)13)14-8(15)4-5-11/h2-3H,4-5H2,1H3,(H,14,15). The first-order valence-corrected chi connectivity index (χ1v) is 6.24. The van der Waals surface area contributed by atoms with Gasteiger partial charge in [-0.05, 0) is 18.6 Å². The third kappa shape index (κ3) is 3.37. The average Bonchev–Trinajstić information content (AvgIpc) is 2.19. The second-order valence-electron chi connectivity index (χ2n) is 3.04. The van der Waals surface area contributed by atoms with Gasteiger partial charge in [0.1, 0.15) is 0 Å². The highest BCUT2D eigenvalue weighted by Crippen LogP contribution is 2.32. The third-order valence-corrected chi connectivity index (χ3v) is 3.07. The quantitative estimate of drug-likeness (QED) is 0.839. The summed E-state index contributed by atoms with van der Waals surface area (Å²) in [6, 6.07) is 3.53. The lowest BCUT2D eigenvalue weighted by atomic mass is 10.2. The molecule has 15 heavy (non-hydrogen) atoms. The largest absolute Gasteiger partial charge is 0.324 e. The predicted molar refractivity (Wildman–Crippen MR) is 68.2 cm³/mol. The van der Waals surface area contributed by atoms with Crippen molar-refractivity contribution in [3.05, 3.63) is 27.7 Å². The summed E-state index contributed by atoms with van der Waals surface area (Å²) < 4.78 is 0. The molecule has 5 heteroatoms. The van der Waals surface area contributed by atoms with Gasteiger partial charge in [-0.15, -0.1) is 0 Å². The fourth-order valence-electron chi connectivity index (χ4n) is 1.06. The molecular formula is C10H10BrCl2NO. The van der Waals surface area contributed by atoms with Crippen molar-refractivity contribution >= 4 is 50.7 Å². The van der Waals surface area contributed by atoms with Gasteiger partial charge in [0.15, 0.2) is 0 Å². The van der Waals surface area contributed by atoms with Crippen molar-refractivity contribution in [3.63, 3.8) is 0 Å². The molecule has 0 aliphatic heterocycles. The summed E-state index contributed by atoms with van der Waals surface area (Å²) in [5, 5.41) is 4.24. The number of benzene rings is 1. The number of hydrogen-bond donors (Lipinski definition) is 1. The third-order valence-electron chi connectivity index (χ3n) is 1.87. The van der Waals surface area contributed by atoms with Crippen LogP contribution in [0.5, 0.6) is 0 Å². The van der Waals surface area contributed by atoms with E-state index in [1.807, 2.05) is 13.0 Å². The Morgan fingerprint density at radius 3 is 2.73 bits per heavy atom. The minimum atomic E-state index is -0.110. The normalized spacial score (nSPS) is 10.1. The van der Waals surface area contributed by atoms with Crippen LogP contribution < -0.4 is 5.32 Å². The molecule has 82 valence electrons. The van der Waals surface area contributed by atoms with Crippen LogP contribution in [0.1, 0.15) is 12.0 Å². The molecule has 1 aromatic rings. The summed E-state index contributed by atoms with van der Waals surface area (Å²) in [4.78, 5) is 11.4. The smallest absolute Gasteiger partial charge is 0.225 e. The number of carbonyl (C=O) groups excluding carboxylic acids is 1. The van der Waals surface area contributed by atoms with Crippen LogP contribution in [0, 0.1) is 6.92 Å². The Hall–Kier alpha value is -0.250. The molecule has 2 nitrogen and oxygen atoms in total. The first kappa shape index (κ1) is 12.8. The Balaban J connectivity index is 2.93. The molecule has 0 heterocycles. The van der Waals surface area contributed by atoms with Crippen LogP contribution in [0.4, 0.5) is 5.69 Å². The van der Waals surface area contributed by atoms with Crippen molar-refractivity contribution in [2.75, 3.05) is 10.6 Å². The molecule has 0 radical (unpaired) electrons. The zero-order chi connectivity index (χ0) is 11.4. The second-order valence-corrected chi connectivity index (χ2v) is 4.62. The zero-order valence-electron chi connectivity index (χ0n) is 8.11. The molecule has 0 bridgehead atoms. The van der Waals surface area contributed by atoms with Crippen LogP contribution in [-0.4, -0.2) is 11.2 Å². The molecule has 0 aromatic heterocycles. The number of alkyl halides is 1. The van der Waals surface area contributed by atoms with Gasteiger partial charge in [-0.3, -0.25) is 4.79 Å². The lowest BCUT2D eigenvalue weighted by Crippen LogP contribution is -2.12. The van der Waals surface area contributed by atoms with E-state index < -0.39 is 0 Å². The van der Waals surface area contributed by atoms with Gasteiger partial charge in [-0.25, -0.2) is 0 Å². The van der Waals surface area contributed by atoms with E-state index in [4.69, 9.17) is 23.2 Å². The highest BCUT2D eigenvalue weighted by atomic mass is 79.9. The molecular weight excluding hydrogens is 301 g/mol. The zero-order valence-corrected chi connectivity index (χ0v) is 11.2. The van der Waals surface area contributed by atoms with Gasteiger partial charge < -0.3 is 5.32 Å². The topological polar surface area (TPSA) is 29.1 Å². The SMILES string of the molecule is Cc1ccc(Cl)c(NC(=O)CCBr)c1Cl. The molecule has 0 unspecified atom stereocenters. The number of anilines is 1. The highest BCUT2D eigenvalue weighted by molar-refractivity contribution is 9.09. The first-order chi connectivity index (χ1) is 7.06. The molecule has 1 amide bonds. The van der Waals surface area contributed by atoms with Crippen LogP contribution in [0.3, 0.4) is 0 Å². The Morgan fingerprint density at radius 2 is 2.13 bits per heavy atom. The predicted octanol–water partition coefficient (Wildman–Crippen LogP) is 4.03. The molecule has 1 rings (SSSR count). The fraction of sp³-hybridized carbons (Fsp3) is 0.300. The van der Waals surface area contributed by atoms with Gasteiger partial charge in [0.25, 0.3) is 0 Å². The summed E-state index contributed by atoms with van der Waals surface area (Å²) in [6.45, 7) is 1.86. The highest BCUT2D eigenvalue weighted by Gasteiger charge is 2.10. The van der Waals surface area contributed by atoms with Gasteiger partial charge in [0.05, 0.1) is 15.7 Å². The van der Waals surface area contributed by atoms with Gasteiger partial charge in [0, 0.05) is 11.8 Å². The van der Waals surface area contributed by atoms with Crippen LogP contribution in [0.2, 0.25) is 10.0 Å². The van der Waals surface area contributed by atoms with Gasteiger partial charge in [-0.1, -0.05) is 45.2 Å². The summed E-state index contributed by atoms with van der Waals surface area (Å²) in [5.41, 5.74) is 1.37. The Kier molecular flexibility index (Phi) is 4.90. The summed E-state index contributed by atoms with van der Waals surface area (Å²) >= 11 is 15.2. The van der Waals surface area contributed by atoms with E-state index in [0.29, 0.717) is 27.5 Å². The van der Waals surface area contributed by atoms with Gasteiger partial charge >= 0.3 is 0 Å². The minimum Gasteiger partial charge on any atom is -0.324 e. The van der Waals surface area contributed by atoms with E-state index in [-0.39, 0.29) is 5.91 Å². The summed E-state index contributed by atoms with van der Waals surface area (Å²) in [7, 11) is 0. The van der Waals surface area contributed by atoms with Gasteiger partial charge in [-0.2, -0.15) is 0 Å². The second kappa shape index (κ2) is 5.73. The van der Waals surface area contributed by atoms with E-state index in [9.17, 15) is 4.79 Å². The molecule has 0 fully saturated rings. The number of rotatable bonds is 3. The van der Waals surface area contributed by atoms with E-state index in [0.717, 1.165) is 5.56 Å². The monoisotopic (exact) mass is 309 g/mol. The number of aryl methyl sites for hydroxylation is 1. The molecule has 0 saturated carbocycles. The van der Waals surface area contributed by atoms with Crippen molar-refractivity contribution in [1.82, 2.24) is 0 Å². The van der Waals surface area contributed by atoms with Crippen LogP contribution in [0.25, 0.3) is 0 Å². The van der Waals surface area contributed by atoms with Crippen molar-refractivity contribution in [2.24, 2.45) is 0 Å². The Morgan fingerprint density at radius 1 is 1.47 bits per heavy atom. The Bertz CT molecular complexity index is 382. The van der Waals surface area contributed by atoms with Crippen LogP contribution >= 0.6 is 39.1 Å². The Labute approximate surface area is 107 Å². The maximum atomic E-state index is 11.4. The number of hydrogen-bond acceptors (Lipinski definition) is 1. The molecule has 0 spiro atoms. The number of halogens is 3. The first-order valence-electron chi connectivity index (χ1n) is 4.36. The maximum Gasteiger partial charge on any atom is 0.225 e. The summed E-state index contributed by atoms with van der Waals surface area (Å²) in [6.07, 6.45) is 0.389. The lowest BCUT2D eigenvalue weighted by Gasteiger charge is -2.10. The lowest BCUT2D eigenvalue weighted by molar-refractivity contribution is -0.115. The van der Waals surface area contributed by atoms with Gasteiger partial charge in [0.2, 0.25) is 5.91 Å². The van der Waals surface area contributed by atoms with Crippen molar-refractivity contribution in [3.8, 4) is 0 Å². The van der Waals surface area contributed by atoms with Crippen LogP contribution in [-0.2, 0) is 4.79 Å². The van der Waals surface area contributed by atoms with E-state index >= 15 is 0 Å². The molecule has 0 saturated heterocycles.